The SMILES string of the molecule is CCOc1cc(/C=N/NC(=O)c2ccccc2)ccc1Oc1ccc([N+](=O)[O-])cn1. The van der Waals surface area contributed by atoms with Gasteiger partial charge in [0.1, 0.15) is 6.20 Å². The smallest absolute Gasteiger partial charge is 0.287 e. The predicted octanol–water partition coefficient (Wildman–Crippen LogP) is 3.94. The lowest BCUT2D eigenvalue weighted by Crippen LogP contribution is -2.17. The standard InChI is InChI=1S/C21H18N4O5/c1-2-29-19-12-15(13-23-24-21(26)16-6-4-3-5-7-16)8-10-18(19)30-20-11-9-17(14-22-20)25(27)28/h3-14H,2H2,1H3,(H,24,26)/b23-13+. The number of carbonyl (C=O) groups is 1. The Kier molecular flexibility index (Phi) is 6.67. The number of hydrazone groups is 1. The summed E-state index contributed by atoms with van der Waals surface area (Å²) in [5.41, 5.74) is 3.51. The zero-order valence-electron chi connectivity index (χ0n) is 16.0. The zero-order chi connectivity index (χ0) is 21.3. The van der Waals surface area contributed by atoms with E-state index in [-0.39, 0.29) is 17.5 Å². The first-order valence-corrected chi connectivity index (χ1v) is 9.00. The van der Waals surface area contributed by atoms with Crippen molar-refractivity contribution in [2.75, 3.05) is 6.61 Å². The van der Waals surface area contributed by atoms with Crippen LogP contribution in [0.25, 0.3) is 0 Å². The van der Waals surface area contributed by atoms with Crippen LogP contribution < -0.4 is 14.9 Å². The maximum Gasteiger partial charge on any atom is 0.287 e. The van der Waals surface area contributed by atoms with Crippen molar-refractivity contribution in [1.82, 2.24) is 10.4 Å². The van der Waals surface area contributed by atoms with Gasteiger partial charge in [0, 0.05) is 17.7 Å². The van der Waals surface area contributed by atoms with Crippen LogP contribution in [-0.4, -0.2) is 28.6 Å². The fourth-order valence-corrected chi connectivity index (χ4v) is 2.43. The molecule has 0 spiro atoms. The lowest BCUT2D eigenvalue weighted by atomic mass is 10.2. The number of ether oxygens (including phenoxy) is 2. The number of carbonyl (C=O) groups excluding carboxylic acids is 1. The summed E-state index contributed by atoms with van der Waals surface area (Å²) in [6, 6.07) is 16.5. The topological polar surface area (TPSA) is 116 Å². The molecule has 0 aliphatic rings. The molecule has 0 atom stereocenters. The lowest BCUT2D eigenvalue weighted by molar-refractivity contribution is -0.385. The molecular formula is C21H18N4O5. The Morgan fingerprint density at radius 1 is 1.17 bits per heavy atom. The molecule has 9 heteroatoms. The van der Waals surface area contributed by atoms with E-state index in [0.717, 1.165) is 6.20 Å². The van der Waals surface area contributed by atoms with Crippen LogP contribution >= 0.6 is 0 Å². The van der Waals surface area contributed by atoms with Gasteiger partial charge in [0.15, 0.2) is 11.5 Å². The second-order valence-electron chi connectivity index (χ2n) is 5.92. The summed E-state index contributed by atoms with van der Waals surface area (Å²) in [6.45, 7) is 2.23. The molecule has 1 aromatic heterocycles. The number of hydrogen-bond donors (Lipinski definition) is 1. The third-order valence-corrected chi connectivity index (χ3v) is 3.83. The number of amides is 1. The van der Waals surface area contributed by atoms with Gasteiger partial charge in [-0.25, -0.2) is 10.4 Å². The number of benzene rings is 2. The van der Waals surface area contributed by atoms with Crippen molar-refractivity contribution < 1.29 is 19.2 Å². The van der Waals surface area contributed by atoms with E-state index in [1.54, 1.807) is 42.5 Å². The molecule has 0 fully saturated rings. The van der Waals surface area contributed by atoms with E-state index in [2.05, 4.69) is 15.5 Å². The molecule has 1 heterocycles. The average molecular weight is 406 g/mol. The number of nitro groups is 1. The molecule has 9 nitrogen and oxygen atoms in total. The van der Waals surface area contributed by atoms with Crippen LogP contribution in [0.3, 0.4) is 0 Å². The molecule has 0 radical (unpaired) electrons. The quantitative estimate of drug-likeness (QED) is 0.344. The van der Waals surface area contributed by atoms with E-state index >= 15 is 0 Å². The van der Waals surface area contributed by atoms with Gasteiger partial charge in [0.05, 0.1) is 17.7 Å². The van der Waals surface area contributed by atoms with Gasteiger partial charge in [-0.2, -0.15) is 5.10 Å². The van der Waals surface area contributed by atoms with Gasteiger partial charge in [0.2, 0.25) is 5.88 Å². The fourth-order valence-electron chi connectivity index (χ4n) is 2.43. The van der Waals surface area contributed by atoms with E-state index in [0.29, 0.717) is 29.2 Å². The molecule has 1 amide bonds. The van der Waals surface area contributed by atoms with Crippen LogP contribution in [0, 0.1) is 10.1 Å². The number of aromatic nitrogens is 1. The minimum absolute atomic E-state index is 0.128. The molecule has 0 bridgehead atoms. The van der Waals surface area contributed by atoms with E-state index in [9.17, 15) is 14.9 Å². The van der Waals surface area contributed by atoms with Gasteiger partial charge in [-0.15, -0.1) is 0 Å². The summed E-state index contributed by atoms with van der Waals surface area (Å²) in [4.78, 5) is 26.1. The first-order chi connectivity index (χ1) is 14.6. The second-order valence-corrected chi connectivity index (χ2v) is 5.92. The van der Waals surface area contributed by atoms with Gasteiger partial charge in [0.25, 0.3) is 11.6 Å². The molecule has 3 rings (SSSR count). The molecule has 0 aliphatic heterocycles. The highest BCUT2D eigenvalue weighted by Gasteiger charge is 2.11. The Labute approximate surface area is 172 Å². The van der Waals surface area contributed by atoms with Crippen molar-refractivity contribution >= 4 is 17.8 Å². The van der Waals surface area contributed by atoms with Crippen LogP contribution in [0.5, 0.6) is 17.4 Å². The van der Waals surface area contributed by atoms with Crippen molar-refractivity contribution in [3.8, 4) is 17.4 Å². The van der Waals surface area contributed by atoms with Crippen LogP contribution in [0.2, 0.25) is 0 Å². The monoisotopic (exact) mass is 406 g/mol. The fraction of sp³-hybridized carbons (Fsp3) is 0.0952. The largest absolute Gasteiger partial charge is 0.490 e. The molecule has 2 aromatic carbocycles. The Bertz CT molecular complexity index is 1050. The van der Waals surface area contributed by atoms with Gasteiger partial charge in [-0.05, 0) is 42.8 Å². The third-order valence-electron chi connectivity index (χ3n) is 3.83. The maximum absolute atomic E-state index is 12.0. The van der Waals surface area contributed by atoms with E-state index < -0.39 is 4.92 Å². The summed E-state index contributed by atoms with van der Waals surface area (Å²) in [5, 5.41) is 14.7. The molecule has 1 N–H and O–H groups in total. The lowest BCUT2D eigenvalue weighted by Gasteiger charge is -2.11. The number of pyridine rings is 1. The highest BCUT2D eigenvalue weighted by atomic mass is 16.6. The number of nitrogens with zero attached hydrogens (tertiary/aromatic N) is 3. The molecule has 3 aromatic rings. The van der Waals surface area contributed by atoms with Crippen molar-refractivity contribution in [2.45, 2.75) is 6.92 Å². The summed E-state index contributed by atoms with van der Waals surface area (Å²) < 4.78 is 11.3. The Morgan fingerprint density at radius 2 is 1.97 bits per heavy atom. The highest BCUT2D eigenvalue weighted by Crippen LogP contribution is 2.32. The summed E-state index contributed by atoms with van der Waals surface area (Å²) in [6.07, 6.45) is 2.60. The second kappa shape index (κ2) is 9.78. The molecule has 0 saturated heterocycles. The van der Waals surface area contributed by atoms with E-state index in [4.69, 9.17) is 9.47 Å². The average Bonchev–Trinajstić information content (AvgIpc) is 2.76. The summed E-state index contributed by atoms with van der Waals surface area (Å²) in [5.74, 6) is 0.707. The normalized spacial score (nSPS) is 10.6. The van der Waals surface area contributed by atoms with E-state index in [1.165, 1.54) is 18.3 Å². The Morgan fingerprint density at radius 3 is 2.63 bits per heavy atom. The van der Waals surface area contributed by atoms with Crippen LogP contribution in [0.4, 0.5) is 5.69 Å². The predicted molar refractivity (Wildman–Crippen MR) is 110 cm³/mol. The minimum Gasteiger partial charge on any atom is -0.490 e. The molecule has 0 aliphatic carbocycles. The Balaban J connectivity index is 1.71. The van der Waals surface area contributed by atoms with Gasteiger partial charge >= 0.3 is 0 Å². The van der Waals surface area contributed by atoms with Crippen molar-refractivity contribution in [3.05, 3.63) is 88.1 Å². The molecule has 0 unspecified atom stereocenters. The van der Waals surface area contributed by atoms with E-state index in [1.807, 2.05) is 13.0 Å². The van der Waals surface area contributed by atoms with Crippen LogP contribution in [-0.2, 0) is 0 Å². The summed E-state index contributed by atoms with van der Waals surface area (Å²) in [7, 11) is 0. The van der Waals surface area contributed by atoms with Gasteiger partial charge in [-0.3, -0.25) is 14.9 Å². The first kappa shape index (κ1) is 20.5. The third kappa shape index (κ3) is 5.38. The van der Waals surface area contributed by atoms with Crippen molar-refractivity contribution in [3.63, 3.8) is 0 Å². The summed E-state index contributed by atoms with van der Waals surface area (Å²) >= 11 is 0. The Hall–Kier alpha value is -4.27. The number of hydrogen-bond acceptors (Lipinski definition) is 7. The van der Waals surface area contributed by atoms with Gasteiger partial charge in [-0.1, -0.05) is 18.2 Å². The number of nitrogens with one attached hydrogen (secondary N) is 1. The van der Waals surface area contributed by atoms with Crippen molar-refractivity contribution in [1.29, 1.82) is 0 Å². The molecule has 0 saturated carbocycles. The van der Waals surface area contributed by atoms with Gasteiger partial charge < -0.3 is 9.47 Å². The van der Waals surface area contributed by atoms with Crippen LogP contribution in [0.15, 0.2) is 72.0 Å². The van der Waals surface area contributed by atoms with Crippen LogP contribution in [0.1, 0.15) is 22.8 Å². The maximum atomic E-state index is 12.0. The van der Waals surface area contributed by atoms with Crippen molar-refractivity contribution in [2.24, 2.45) is 5.10 Å². The highest BCUT2D eigenvalue weighted by molar-refractivity contribution is 5.94. The molecular weight excluding hydrogens is 388 g/mol. The minimum atomic E-state index is -0.535. The zero-order valence-corrected chi connectivity index (χ0v) is 16.0. The molecule has 30 heavy (non-hydrogen) atoms. The first-order valence-electron chi connectivity index (χ1n) is 9.00. The molecule has 152 valence electrons. The number of rotatable bonds is 8.